The topological polar surface area (TPSA) is 0 Å². The predicted octanol–water partition coefficient (Wildman–Crippen LogP) is -0.454. The van der Waals surface area contributed by atoms with E-state index in [9.17, 15) is 16.8 Å². The molecule has 0 spiro atoms. The smallest absolute Gasteiger partial charge is 0.755 e. The molecule has 0 nitrogen and oxygen atoms in total. The maximum atomic E-state index is 9.80. The Bertz CT molecular complexity index is 23.0. The molecule has 0 N–H and O–H groups in total. The summed E-state index contributed by atoms with van der Waals surface area (Å²) in [5.41, 5.74) is 0. The van der Waals surface area contributed by atoms with Gasteiger partial charge in [0.05, 0.1) is 16.8 Å². The van der Waals surface area contributed by atoms with Crippen molar-refractivity contribution < 1.29 is 40.8 Å². The molecule has 0 aliphatic carbocycles. The molecule has 0 saturated heterocycles. The molecule has 0 radical (unpaired) electrons. The van der Waals surface area contributed by atoms with E-state index in [0.29, 0.717) is 0 Å². The standard InChI is InChI=1S/F4P.HI/c1-5(2,3)4;/h;1H/q+1;/p-1. The lowest BCUT2D eigenvalue weighted by Gasteiger charge is -1.62. The lowest BCUT2D eigenvalue weighted by atomic mass is 18.7. The fraction of sp³-hybridized carbons (Fsp3) is 0. The largest absolute Gasteiger partial charge is 1.00 e. The van der Waals surface area contributed by atoms with Gasteiger partial charge in [-0.2, -0.15) is 0 Å². The van der Waals surface area contributed by atoms with E-state index in [1.807, 2.05) is 0 Å². The van der Waals surface area contributed by atoms with Crippen LogP contribution in [0.3, 0.4) is 0 Å². The maximum absolute atomic E-state index is 9.80. The van der Waals surface area contributed by atoms with Gasteiger partial charge in [0.15, 0.2) is 0 Å². The maximum Gasteiger partial charge on any atom is 0.755 e. The number of hydrogen-bond donors (Lipinski definition) is 0. The van der Waals surface area contributed by atoms with E-state index in [0.717, 1.165) is 0 Å². The lowest BCUT2D eigenvalue weighted by molar-refractivity contribution is -0.00000564. The highest BCUT2D eigenvalue weighted by Gasteiger charge is 2.44. The van der Waals surface area contributed by atoms with Gasteiger partial charge in [-0.1, -0.05) is 0 Å². The Balaban J connectivity index is 0. The minimum absolute atomic E-state index is 0. The SMILES string of the molecule is F[P+](F)(F)F.[I-]. The van der Waals surface area contributed by atoms with Gasteiger partial charge in [-0.05, 0) is 0 Å². The highest BCUT2D eigenvalue weighted by Crippen LogP contribution is 2.65. The number of rotatable bonds is 0. The van der Waals surface area contributed by atoms with Crippen LogP contribution in [0, 0.1) is 0 Å². The molecule has 6 heteroatoms. The minimum Gasteiger partial charge on any atom is -1.00 e. The van der Waals surface area contributed by atoms with Crippen LogP contribution in [0.15, 0.2) is 0 Å². The van der Waals surface area contributed by atoms with Crippen LogP contribution >= 0.6 is 8.51 Å². The van der Waals surface area contributed by atoms with Crippen molar-refractivity contribution in [3.05, 3.63) is 0 Å². The van der Waals surface area contributed by atoms with Crippen molar-refractivity contribution in [2.75, 3.05) is 0 Å². The zero-order chi connectivity index (χ0) is 4.50. The van der Waals surface area contributed by atoms with Gasteiger partial charge in [-0.25, -0.2) is 0 Å². The molecular weight excluding hydrogens is 234 g/mol. The lowest BCUT2D eigenvalue weighted by Crippen LogP contribution is -3.00. The molecule has 0 aromatic rings. The van der Waals surface area contributed by atoms with Gasteiger partial charge in [0.2, 0.25) is 0 Å². The third-order valence-electron chi connectivity index (χ3n) is 0. The first kappa shape index (κ1) is 9.99. The molecular formula is F4IP. The first-order chi connectivity index (χ1) is 2.00. The molecule has 0 aliphatic rings. The molecule has 0 atom stereocenters. The van der Waals surface area contributed by atoms with Crippen molar-refractivity contribution in [3.63, 3.8) is 0 Å². The van der Waals surface area contributed by atoms with Gasteiger partial charge in [-0.3, -0.25) is 0 Å². The van der Waals surface area contributed by atoms with Gasteiger partial charge >= 0.3 is 8.51 Å². The number of halogens is 5. The second-order valence-electron chi connectivity index (χ2n) is 0.383. The normalized spacial score (nSPS) is 10.0. The van der Waals surface area contributed by atoms with E-state index in [-0.39, 0.29) is 24.0 Å². The van der Waals surface area contributed by atoms with Gasteiger partial charge in [-0.15, -0.1) is 0 Å². The van der Waals surface area contributed by atoms with Crippen molar-refractivity contribution in [2.24, 2.45) is 0 Å². The highest BCUT2D eigenvalue weighted by atomic mass is 127. The van der Waals surface area contributed by atoms with E-state index < -0.39 is 8.51 Å². The molecule has 0 amide bonds. The summed E-state index contributed by atoms with van der Waals surface area (Å²) in [4.78, 5) is 0. The molecule has 0 unspecified atom stereocenters. The number of hydrogen-bond acceptors (Lipinski definition) is 0. The molecule has 0 rings (SSSR count). The Hall–Kier alpha value is 0.880. The molecule has 0 saturated carbocycles. The summed E-state index contributed by atoms with van der Waals surface area (Å²) in [6, 6.07) is 0. The minimum atomic E-state index is -6.39. The van der Waals surface area contributed by atoms with Crippen LogP contribution in [0.1, 0.15) is 0 Å². The van der Waals surface area contributed by atoms with E-state index in [1.165, 1.54) is 0 Å². The quantitative estimate of drug-likeness (QED) is 0.302. The van der Waals surface area contributed by atoms with Crippen LogP contribution in [0.5, 0.6) is 0 Å². The van der Waals surface area contributed by atoms with Crippen LogP contribution in [-0.4, -0.2) is 0 Å². The summed E-state index contributed by atoms with van der Waals surface area (Å²) in [5, 5.41) is 0. The predicted molar refractivity (Wildman–Crippen MR) is 11.4 cm³/mol. The first-order valence-corrected chi connectivity index (χ1v) is 2.03. The Kier molecular flexibility index (Phi) is 4.92. The van der Waals surface area contributed by atoms with Crippen molar-refractivity contribution in [3.8, 4) is 0 Å². The Morgan fingerprint density at radius 2 is 0.833 bits per heavy atom. The van der Waals surface area contributed by atoms with Crippen molar-refractivity contribution in [1.29, 1.82) is 0 Å². The summed E-state index contributed by atoms with van der Waals surface area (Å²) in [7, 11) is -6.39. The van der Waals surface area contributed by atoms with Crippen molar-refractivity contribution >= 4 is 8.51 Å². The van der Waals surface area contributed by atoms with E-state index in [2.05, 4.69) is 0 Å². The molecule has 0 bridgehead atoms. The summed E-state index contributed by atoms with van der Waals surface area (Å²) < 4.78 is 39.2. The van der Waals surface area contributed by atoms with Crippen LogP contribution in [0.4, 0.5) is 16.8 Å². The summed E-state index contributed by atoms with van der Waals surface area (Å²) >= 11 is 0. The molecule has 0 heterocycles. The first-order valence-electron chi connectivity index (χ1n) is 0.676. The summed E-state index contributed by atoms with van der Waals surface area (Å²) in [6.45, 7) is 0. The zero-order valence-electron chi connectivity index (χ0n) is 2.34. The van der Waals surface area contributed by atoms with E-state index in [4.69, 9.17) is 0 Å². The molecule has 0 aliphatic heterocycles. The monoisotopic (exact) mass is 234 g/mol. The van der Waals surface area contributed by atoms with Crippen LogP contribution in [-0.2, 0) is 0 Å². The highest BCUT2D eigenvalue weighted by molar-refractivity contribution is 7.54. The van der Waals surface area contributed by atoms with E-state index in [1.54, 1.807) is 0 Å². The molecule has 40 valence electrons. The average molecular weight is 234 g/mol. The van der Waals surface area contributed by atoms with Crippen molar-refractivity contribution in [1.82, 2.24) is 0 Å². The Morgan fingerprint density at radius 1 is 0.833 bits per heavy atom. The Labute approximate surface area is 49.8 Å². The zero-order valence-corrected chi connectivity index (χ0v) is 5.39. The van der Waals surface area contributed by atoms with Gasteiger partial charge in [0.1, 0.15) is 0 Å². The second kappa shape index (κ2) is 2.96. The van der Waals surface area contributed by atoms with Crippen LogP contribution < -0.4 is 24.0 Å². The molecule has 0 aromatic carbocycles. The van der Waals surface area contributed by atoms with Crippen molar-refractivity contribution in [2.45, 2.75) is 0 Å². The Morgan fingerprint density at radius 3 is 0.833 bits per heavy atom. The van der Waals surface area contributed by atoms with E-state index >= 15 is 0 Å². The third-order valence-corrected chi connectivity index (χ3v) is 0. The fourth-order valence-electron chi connectivity index (χ4n) is 0. The van der Waals surface area contributed by atoms with Crippen LogP contribution in [0.25, 0.3) is 0 Å². The van der Waals surface area contributed by atoms with Crippen LogP contribution in [0.2, 0.25) is 0 Å². The molecule has 6 heavy (non-hydrogen) atoms. The average Bonchev–Trinajstić information content (AvgIpc) is 0.722. The van der Waals surface area contributed by atoms with Gasteiger partial charge < -0.3 is 24.0 Å². The van der Waals surface area contributed by atoms with Gasteiger partial charge in [0.25, 0.3) is 0 Å². The second-order valence-corrected chi connectivity index (χ2v) is 1.15. The molecule has 0 fully saturated rings. The summed E-state index contributed by atoms with van der Waals surface area (Å²) in [6.07, 6.45) is 0. The molecule has 0 aromatic heterocycles. The summed E-state index contributed by atoms with van der Waals surface area (Å²) in [5.74, 6) is 0. The van der Waals surface area contributed by atoms with Gasteiger partial charge in [0, 0.05) is 0 Å². The third kappa shape index (κ3) is 94.9. The fourth-order valence-corrected chi connectivity index (χ4v) is 0.